The highest BCUT2D eigenvalue weighted by molar-refractivity contribution is 5.99. The topological polar surface area (TPSA) is 75.3 Å². The van der Waals surface area contributed by atoms with Gasteiger partial charge in [-0.05, 0) is 52.2 Å². The number of ketones is 1. The minimum atomic E-state index is -0.560. The van der Waals surface area contributed by atoms with Crippen LogP contribution in [0.15, 0.2) is 12.1 Å². The van der Waals surface area contributed by atoms with Crippen molar-refractivity contribution in [3.8, 4) is 0 Å². The molecule has 1 aromatic rings. The Labute approximate surface area is 144 Å². The van der Waals surface area contributed by atoms with Gasteiger partial charge >= 0.3 is 0 Å². The van der Waals surface area contributed by atoms with Crippen molar-refractivity contribution in [2.24, 2.45) is 0 Å². The van der Waals surface area contributed by atoms with E-state index in [1.54, 1.807) is 6.92 Å². The van der Waals surface area contributed by atoms with Gasteiger partial charge in [0.15, 0.2) is 5.78 Å². The summed E-state index contributed by atoms with van der Waals surface area (Å²) < 4.78 is 0. The molecule has 0 aromatic heterocycles. The number of hydrogen-bond acceptors (Lipinski definition) is 3. The zero-order valence-corrected chi connectivity index (χ0v) is 15.3. The van der Waals surface area contributed by atoms with E-state index >= 15 is 0 Å². The molecule has 1 atom stereocenters. The Morgan fingerprint density at radius 3 is 2.17 bits per heavy atom. The monoisotopic (exact) mass is 332 g/mol. The fraction of sp³-hybridized carbons (Fsp3) is 0.526. The average Bonchev–Trinajstić information content (AvgIpc) is 2.46. The fourth-order valence-corrected chi connectivity index (χ4v) is 2.86. The number of aryl methyl sites for hydroxylation is 3. The number of nitrogens with one attached hydrogen (secondary N) is 2. The predicted molar refractivity (Wildman–Crippen MR) is 95.1 cm³/mol. The number of carbonyl (C=O) groups excluding carboxylic acids is 3. The van der Waals surface area contributed by atoms with Crippen molar-refractivity contribution in [2.45, 2.75) is 59.9 Å². The molecule has 132 valence electrons. The first-order chi connectivity index (χ1) is 11.3. The van der Waals surface area contributed by atoms with Crippen LogP contribution in [0.5, 0.6) is 0 Å². The van der Waals surface area contributed by atoms with Crippen molar-refractivity contribution < 1.29 is 14.4 Å². The van der Waals surface area contributed by atoms with Crippen molar-refractivity contribution in [2.75, 3.05) is 6.54 Å². The lowest BCUT2D eigenvalue weighted by Crippen LogP contribution is -2.44. The predicted octanol–water partition coefficient (Wildman–Crippen LogP) is 2.61. The number of benzene rings is 1. The van der Waals surface area contributed by atoms with Crippen LogP contribution >= 0.6 is 0 Å². The maximum Gasteiger partial charge on any atom is 0.242 e. The van der Waals surface area contributed by atoms with Crippen molar-refractivity contribution in [1.82, 2.24) is 10.6 Å². The van der Waals surface area contributed by atoms with Crippen molar-refractivity contribution >= 4 is 17.6 Å². The molecule has 0 spiro atoms. The molecule has 0 heterocycles. The summed E-state index contributed by atoms with van der Waals surface area (Å²) in [6, 6.07) is 3.44. The van der Waals surface area contributed by atoms with Crippen LogP contribution in [-0.4, -0.2) is 30.2 Å². The Morgan fingerprint density at radius 2 is 1.62 bits per heavy atom. The Kier molecular flexibility index (Phi) is 7.62. The molecule has 0 aliphatic heterocycles. The summed E-state index contributed by atoms with van der Waals surface area (Å²) in [5.74, 6) is -0.346. The Hall–Kier alpha value is -2.17. The molecule has 1 aromatic carbocycles. The highest BCUT2D eigenvalue weighted by atomic mass is 16.2. The van der Waals surface area contributed by atoms with Crippen molar-refractivity contribution in [1.29, 1.82) is 0 Å². The van der Waals surface area contributed by atoms with Gasteiger partial charge in [0, 0.05) is 24.9 Å². The molecule has 0 bridgehead atoms. The molecule has 0 saturated heterocycles. The van der Waals surface area contributed by atoms with E-state index in [2.05, 4.69) is 10.6 Å². The third kappa shape index (κ3) is 5.80. The zero-order valence-electron chi connectivity index (χ0n) is 15.3. The molecule has 0 unspecified atom stereocenters. The summed E-state index contributed by atoms with van der Waals surface area (Å²) in [7, 11) is 0. The average molecular weight is 332 g/mol. The van der Waals surface area contributed by atoms with E-state index in [4.69, 9.17) is 0 Å². The summed E-state index contributed by atoms with van der Waals surface area (Å²) in [6.45, 7) is 9.89. The first kappa shape index (κ1) is 19.9. The molecule has 5 nitrogen and oxygen atoms in total. The van der Waals surface area contributed by atoms with Crippen LogP contribution in [0.25, 0.3) is 0 Å². The van der Waals surface area contributed by atoms with Gasteiger partial charge in [0.25, 0.3) is 0 Å². The SMILES string of the molecule is CCNC(=O)[C@@H](C)NC(=O)CCCC(=O)c1c(C)cc(C)cc1C. The summed E-state index contributed by atoms with van der Waals surface area (Å²) >= 11 is 0. The lowest BCUT2D eigenvalue weighted by molar-refractivity contribution is -0.128. The van der Waals surface area contributed by atoms with Crippen molar-refractivity contribution in [3.05, 3.63) is 34.4 Å². The molecule has 1 rings (SSSR count). The van der Waals surface area contributed by atoms with Crippen LogP contribution in [0.1, 0.15) is 60.2 Å². The minimum absolute atomic E-state index is 0.0644. The molecular weight excluding hydrogens is 304 g/mol. The fourth-order valence-electron chi connectivity index (χ4n) is 2.86. The third-order valence-electron chi connectivity index (χ3n) is 3.89. The standard InChI is InChI=1S/C19H28N2O3/c1-6-20-19(24)15(5)21-17(23)9-7-8-16(22)18-13(3)10-12(2)11-14(18)4/h10-11,15H,6-9H2,1-5H3,(H,20,24)(H,21,23)/t15-/m1/s1. The molecule has 0 saturated carbocycles. The summed E-state index contributed by atoms with van der Waals surface area (Å²) in [6.07, 6.45) is 1.03. The van der Waals surface area contributed by atoms with Crippen LogP contribution < -0.4 is 10.6 Å². The van der Waals surface area contributed by atoms with Gasteiger partial charge in [-0.15, -0.1) is 0 Å². The Balaban J connectivity index is 2.49. The van der Waals surface area contributed by atoms with E-state index in [1.807, 2.05) is 39.8 Å². The molecular formula is C19H28N2O3. The molecule has 0 aliphatic rings. The molecule has 0 aliphatic carbocycles. The van der Waals surface area contributed by atoms with Gasteiger partial charge in [0.1, 0.15) is 6.04 Å². The van der Waals surface area contributed by atoms with Gasteiger partial charge < -0.3 is 10.6 Å². The van der Waals surface area contributed by atoms with Gasteiger partial charge in [0.05, 0.1) is 0 Å². The first-order valence-corrected chi connectivity index (χ1v) is 8.44. The molecule has 24 heavy (non-hydrogen) atoms. The largest absolute Gasteiger partial charge is 0.355 e. The van der Waals surface area contributed by atoms with Crippen LogP contribution in [0.3, 0.4) is 0 Å². The van der Waals surface area contributed by atoms with Gasteiger partial charge in [0.2, 0.25) is 11.8 Å². The smallest absolute Gasteiger partial charge is 0.242 e. The highest BCUT2D eigenvalue weighted by Crippen LogP contribution is 2.19. The normalized spacial score (nSPS) is 11.7. The van der Waals surface area contributed by atoms with E-state index in [9.17, 15) is 14.4 Å². The van der Waals surface area contributed by atoms with Crippen LogP contribution in [0, 0.1) is 20.8 Å². The van der Waals surface area contributed by atoms with Crippen LogP contribution in [0.4, 0.5) is 0 Å². The lowest BCUT2D eigenvalue weighted by atomic mass is 9.94. The number of hydrogen-bond donors (Lipinski definition) is 2. The van der Waals surface area contributed by atoms with E-state index in [0.717, 1.165) is 22.3 Å². The summed E-state index contributed by atoms with van der Waals surface area (Å²) in [5.41, 5.74) is 3.86. The number of amides is 2. The maximum absolute atomic E-state index is 12.4. The second-order valence-corrected chi connectivity index (χ2v) is 6.23. The molecule has 5 heteroatoms. The quantitative estimate of drug-likeness (QED) is 0.719. The Bertz CT molecular complexity index is 600. The number of Topliss-reactive ketones (excluding diaryl/α,β-unsaturated/α-hetero) is 1. The first-order valence-electron chi connectivity index (χ1n) is 8.44. The number of rotatable bonds is 8. The van der Waals surface area contributed by atoms with E-state index in [1.165, 1.54) is 0 Å². The van der Waals surface area contributed by atoms with Gasteiger partial charge in [-0.1, -0.05) is 17.7 Å². The third-order valence-corrected chi connectivity index (χ3v) is 3.89. The van der Waals surface area contributed by atoms with Gasteiger partial charge in [-0.2, -0.15) is 0 Å². The minimum Gasteiger partial charge on any atom is -0.355 e. The molecule has 2 N–H and O–H groups in total. The Morgan fingerprint density at radius 1 is 1.04 bits per heavy atom. The molecule has 0 fully saturated rings. The molecule has 2 amide bonds. The van der Waals surface area contributed by atoms with Crippen LogP contribution in [-0.2, 0) is 9.59 Å². The highest BCUT2D eigenvalue weighted by Gasteiger charge is 2.16. The second-order valence-electron chi connectivity index (χ2n) is 6.23. The van der Waals surface area contributed by atoms with E-state index in [-0.39, 0.29) is 24.0 Å². The van der Waals surface area contributed by atoms with Crippen molar-refractivity contribution in [3.63, 3.8) is 0 Å². The summed E-state index contributed by atoms with van der Waals surface area (Å²) in [5, 5.41) is 5.30. The van der Waals surface area contributed by atoms with E-state index in [0.29, 0.717) is 19.4 Å². The lowest BCUT2D eigenvalue weighted by Gasteiger charge is -2.13. The zero-order chi connectivity index (χ0) is 18.3. The van der Waals surface area contributed by atoms with E-state index < -0.39 is 6.04 Å². The second kappa shape index (κ2) is 9.21. The maximum atomic E-state index is 12.4. The molecule has 0 radical (unpaired) electrons. The van der Waals surface area contributed by atoms with Gasteiger partial charge in [-0.3, -0.25) is 14.4 Å². The van der Waals surface area contributed by atoms with Gasteiger partial charge in [-0.25, -0.2) is 0 Å². The summed E-state index contributed by atoms with van der Waals surface area (Å²) in [4.78, 5) is 35.8. The number of likely N-dealkylation sites (N-methyl/N-ethyl adjacent to an activating group) is 1. The van der Waals surface area contributed by atoms with Crippen LogP contribution in [0.2, 0.25) is 0 Å². The number of carbonyl (C=O) groups is 3.